The Morgan fingerprint density at radius 1 is 1.31 bits per heavy atom. The molecule has 0 aliphatic rings. The first-order valence-electron chi connectivity index (χ1n) is 3.39. The van der Waals surface area contributed by atoms with Gasteiger partial charge in [0.1, 0.15) is 0 Å². The van der Waals surface area contributed by atoms with Crippen molar-refractivity contribution in [2.45, 2.75) is 6.92 Å². The fourth-order valence-corrected chi connectivity index (χ4v) is 0.932. The van der Waals surface area contributed by atoms with E-state index in [1.807, 2.05) is 0 Å². The quantitative estimate of drug-likeness (QED) is 0.416. The summed E-state index contributed by atoms with van der Waals surface area (Å²) in [5.74, 6) is -4.95. The van der Waals surface area contributed by atoms with E-state index in [0.29, 0.717) is 6.07 Å². The molecule has 1 aromatic rings. The van der Waals surface area contributed by atoms with Crippen molar-refractivity contribution in [3.63, 3.8) is 0 Å². The Kier molecular flexibility index (Phi) is 2.27. The second kappa shape index (κ2) is 3.08. The molecule has 1 aromatic carbocycles. The molecule has 1 rings (SSSR count). The summed E-state index contributed by atoms with van der Waals surface area (Å²) in [5.41, 5.74) is 3.48. The third kappa shape index (κ3) is 1.49. The van der Waals surface area contributed by atoms with Crippen LogP contribution in [0.2, 0.25) is 0 Å². The Hall–Kier alpha value is -1.52. The lowest BCUT2D eigenvalue weighted by molar-refractivity contribution is 0.100. The van der Waals surface area contributed by atoms with Gasteiger partial charge in [-0.05, 0) is 6.92 Å². The van der Waals surface area contributed by atoms with Gasteiger partial charge in [0.25, 0.3) is 0 Å². The zero-order chi connectivity index (χ0) is 10.2. The number of rotatable bonds is 1. The maximum Gasteiger partial charge on any atom is 0.172 e. The minimum absolute atomic E-state index is 0.497. The molecule has 0 atom stereocenters. The van der Waals surface area contributed by atoms with Gasteiger partial charge in [0, 0.05) is 6.07 Å². The van der Waals surface area contributed by atoms with Gasteiger partial charge < -0.3 is 5.73 Å². The molecular formula is C8H6F3NO. The van der Waals surface area contributed by atoms with Gasteiger partial charge in [0.15, 0.2) is 23.2 Å². The third-order valence-corrected chi connectivity index (χ3v) is 1.54. The summed E-state index contributed by atoms with van der Waals surface area (Å²) in [6.45, 7) is 0.931. The van der Waals surface area contributed by atoms with E-state index in [-0.39, 0.29) is 0 Å². The van der Waals surface area contributed by atoms with E-state index in [0.717, 1.165) is 6.92 Å². The standard InChI is InChI=1S/C8H6F3NO/c1-3(13)6-7(10)4(9)2-5(12)8(6)11/h2H,12H2,1H3. The fourth-order valence-electron chi connectivity index (χ4n) is 0.932. The third-order valence-electron chi connectivity index (χ3n) is 1.54. The number of hydrogen-bond acceptors (Lipinski definition) is 2. The average molecular weight is 189 g/mol. The summed E-state index contributed by atoms with van der Waals surface area (Å²) in [5, 5.41) is 0. The minimum atomic E-state index is -1.50. The Morgan fingerprint density at radius 3 is 2.31 bits per heavy atom. The van der Waals surface area contributed by atoms with Crippen LogP contribution in [-0.2, 0) is 0 Å². The maximum atomic E-state index is 12.9. The first-order valence-corrected chi connectivity index (χ1v) is 3.39. The SMILES string of the molecule is CC(=O)c1c(F)c(N)cc(F)c1F. The van der Waals surface area contributed by atoms with Gasteiger partial charge in [0.2, 0.25) is 0 Å². The number of hydrogen-bond donors (Lipinski definition) is 1. The summed E-state index contributed by atoms with van der Waals surface area (Å²) in [6, 6.07) is 0.497. The second-order valence-electron chi connectivity index (χ2n) is 2.51. The number of anilines is 1. The smallest absolute Gasteiger partial charge is 0.172 e. The van der Waals surface area contributed by atoms with Crippen LogP contribution in [0.1, 0.15) is 17.3 Å². The number of halogens is 3. The number of benzene rings is 1. The van der Waals surface area contributed by atoms with E-state index >= 15 is 0 Å². The summed E-state index contributed by atoms with van der Waals surface area (Å²) in [7, 11) is 0. The molecule has 0 spiro atoms. The van der Waals surface area contributed by atoms with E-state index in [1.54, 1.807) is 0 Å². The van der Waals surface area contributed by atoms with Crippen LogP contribution in [0.3, 0.4) is 0 Å². The van der Waals surface area contributed by atoms with E-state index < -0.39 is 34.5 Å². The predicted molar refractivity (Wildman–Crippen MR) is 40.7 cm³/mol. The summed E-state index contributed by atoms with van der Waals surface area (Å²) in [6.07, 6.45) is 0. The van der Waals surface area contributed by atoms with E-state index in [4.69, 9.17) is 5.73 Å². The number of Topliss-reactive ketones (excluding diaryl/α,β-unsaturated/α-hetero) is 1. The largest absolute Gasteiger partial charge is 0.396 e. The highest BCUT2D eigenvalue weighted by Gasteiger charge is 2.20. The monoisotopic (exact) mass is 189 g/mol. The average Bonchev–Trinajstić information content (AvgIpc) is 2.01. The number of nitrogen functional groups attached to an aromatic ring is 1. The van der Waals surface area contributed by atoms with Crippen molar-refractivity contribution >= 4 is 11.5 Å². The lowest BCUT2D eigenvalue weighted by Gasteiger charge is -2.04. The van der Waals surface area contributed by atoms with Crippen LogP contribution < -0.4 is 5.73 Å². The van der Waals surface area contributed by atoms with Crippen LogP contribution in [0.4, 0.5) is 18.9 Å². The van der Waals surface area contributed by atoms with Gasteiger partial charge in [-0.15, -0.1) is 0 Å². The van der Waals surface area contributed by atoms with Crippen molar-refractivity contribution in [1.29, 1.82) is 0 Å². The normalized spacial score (nSPS) is 10.2. The number of nitrogens with two attached hydrogens (primary N) is 1. The van der Waals surface area contributed by atoms with Crippen LogP contribution in [-0.4, -0.2) is 5.78 Å². The van der Waals surface area contributed by atoms with Crippen LogP contribution in [0.5, 0.6) is 0 Å². The van der Waals surface area contributed by atoms with Gasteiger partial charge >= 0.3 is 0 Å². The Labute approximate surface area is 72.2 Å². The molecule has 70 valence electrons. The first-order chi connectivity index (χ1) is 5.95. The van der Waals surface area contributed by atoms with Gasteiger partial charge in [-0.25, -0.2) is 13.2 Å². The van der Waals surface area contributed by atoms with Gasteiger partial charge in [0.05, 0.1) is 11.3 Å². The summed E-state index contributed by atoms with van der Waals surface area (Å²) >= 11 is 0. The van der Waals surface area contributed by atoms with Crippen molar-refractivity contribution in [3.05, 3.63) is 29.1 Å². The van der Waals surface area contributed by atoms with Crippen molar-refractivity contribution in [2.75, 3.05) is 5.73 Å². The molecule has 0 fully saturated rings. The second-order valence-corrected chi connectivity index (χ2v) is 2.51. The van der Waals surface area contributed by atoms with Gasteiger partial charge in [-0.1, -0.05) is 0 Å². The molecule has 0 aromatic heterocycles. The zero-order valence-electron chi connectivity index (χ0n) is 6.70. The number of carbonyl (C=O) groups excluding carboxylic acids is 1. The molecule has 0 saturated carbocycles. The molecule has 0 aliphatic heterocycles. The van der Waals surface area contributed by atoms with Crippen LogP contribution in [0, 0.1) is 17.5 Å². The number of ketones is 1. The van der Waals surface area contributed by atoms with E-state index in [1.165, 1.54) is 0 Å². The molecule has 5 heteroatoms. The van der Waals surface area contributed by atoms with Crippen LogP contribution >= 0.6 is 0 Å². The molecule has 0 amide bonds. The van der Waals surface area contributed by atoms with Crippen molar-refractivity contribution in [1.82, 2.24) is 0 Å². The molecule has 0 heterocycles. The van der Waals surface area contributed by atoms with Crippen molar-refractivity contribution < 1.29 is 18.0 Å². The highest BCUT2D eigenvalue weighted by atomic mass is 19.2. The van der Waals surface area contributed by atoms with Crippen molar-refractivity contribution in [2.24, 2.45) is 0 Å². The first kappa shape index (κ1) is 9.57. The topological polar surface area (TPSA) is 43.1 Å². The summed E-state index contributed by atoms with van der Waals surface area (Å²) in [4.78, 5) is 10.7. The minimum Gasteiger partial charge on any atom is -0.396 e. The fraction of sp³-hybridized carbons (Fsp3) is 0.125. The Balaban J connectivity index is 3.56. The molecule has 0 radical (unpaired) electrons. The molecule has 0 unspecified atom stereocenters. The van der Waals surface area contributed by atoms with Crippen LogP contribution in [0.25, 0.3) is 0 Å². The molecular weight excluding hydrogens is 183 g/mol. The van der Waals surface area contributed by atoms with E-state index in [2.05, 4.69) is 0 Å². The lowest BCUT2D eigenvalue weighted by atomic mass is 10.1. The van der Waals surface area contributed by atoms with Crippen molar-refractivity contribution in [3.8, 4) is 0 Å². The highest BCUT2D eigenvalue weighted by Crippen LogP contribution is 2.21. The van der Waals surface area contributed by atoms with Crippen LogP contribution in [0.15, 0.2) is 6.07 Å². The lowest BCUT2D eigenvalue weighted by Crippen LogP contribution is -2.07. The maximum absolute atomic E-state index is 12.9. The molecule has 0 saturated heterocycles. The molecule has 0 aliphatic carbocycles. The van der Waals surface area contributed by atoms with Gasteiger partial charge in [-0.3, -0.25) is 4.79 Å². The highest BCUT2D eigenvalue weighted by molar-refractivity contribution is 5.95. The summed E-state index contributed by atoms with van der Waals surface area (Å²) < 4.78 is 38.3. The Morgan fingerprint density at radius 2 is 1.85 bits per heavy atom. The van der Waals surface area contributed by atoms with Gasteiger partial charge in [-0.2, -0.15) is 0 Å². The molecule has 0 bridgehead atoms. The predicted octanol–water partition coefficient (Wildman–Crippen LogP) is 1.89. The number of carbonyl (C=O) groups is 1. The van der Waals surface area contributed by atoms with E-state index in [9.17, 15) is 18.0 Å². The zero-order valence-corrected chi connectivity index (χ0v) is 6.70. The Bertz CT molecular complexity index is 350. The molecule has 2 nitrogen and oxygen atoms in total. The molecule has 13 heavy (non-hydrogen) atoms. The molecule has 2 N–H and O–H groups in total.